The Bertz CT molecular complexity index is 852. The molecule has 0 aliphatic heterocycles. The van der Waals surface area contributed by atoms with Gasteiger partial charge in [0.25, 0.3) is 0 Å². The van der Waals surface area contributed by atoms with Crippen molar-refractivity contribution >= 4 is 18.3 Å². The number of amides is 1. The number of ether oxygens (including phenoxy) is 2. The molecule has 1 rings (SSSR count). The summed E-state index contributed by atoms with van der Waals surface area (Å²) in [5.41, 5.74) is 1.33. The molecule has 0 spiro atoms. The Hall–Kier alpha value is -2.93. The number of rotatable bonds is 16. The predicted molar refractivity (Wildman–Crippen MR) is 143 cm³/mol. The topological polar surface area (TPSA) is 76.2 Å². The molecule has 0 fully saturated rings. The standard InChI is InChI=1S/C29H44N2O5/c1-22(19-20-31(7)21-32)28(35-25(4)33)23(2)27(36-29(34)24(3)30(5)6)18-14-9-8-11-15-26-16-12-10-13-17-26/h10,12-14,16-24,27-28H,8-9,11,15H2,1-7H3/b18-14+,20-19+/t22-,23+,24?,27-,28-/m1/s1. The molecule has 200 valence electrons. The van der Waals surface area contributed by atoms with Gasteiger partial charge in [-0.3, -0.25) is 19.3 Å². The van der Waals surface area contributed by atoms with Crippen LogP contribution in [0.5, 0.6) is 0 Å². The summed E-state index contributed by atoms with van der Waals surface area (Å²) >= 11 is 0. The number of carbonyl (C=O) groups is 3. The summed E-state index contributed by atoms with van der Waals surface area (Å²) in [4.78, 5) is 38.8. The molecule has 0 N–H and O–H groups in total. The summed E-state index contributed by atoms with van der Waals surface area (Å²) in [5.74, 6) is -1.27. The van der Waals surface area contributed by atoms with Crippen molar-refractivity contribution in [3.63, 3.8) is 0 Å². The summed E-state index contributed by atoms with van der Waals surface area (Å²) in [6.07, 6.45) is 10.9. The fourth-order valence-corrected chi connectivity index (χ4v) is 3.72. The Morgan fingerprint density at radius 2 is 1.64 bits per heavy atom. The molecule has 7 heteroatoms. The van der Waals surface area contributed by atoms with Crippen LogP contribution in [0, 0.1) is 11.8 Å². The Morgan fingerprint density at radius 1 is 0.972 bits per heavy atom. The highest BCUT2D eigenvalue weighted by Crippen LogP contribution is 2.25. The van der Waals surface area contributed by atoms with Gasteiger partial charge in [-0.15, -0.1) is 0 Å². The van der Waals surface area contributed by atoms with Crippen LogP contribution in [-0.4, -0.2) is 67.5 Å². The van der Waals surface area contributed by atoms with Crippen molar-refractivity contribution < 1.29 is 23.9 Å². The minimum Gasteiger partial charge on any atom is -0.461 e. The lowest BCUT2D eigenvalue weighted by molar-refractivity contribution is -0.161. The van der Waals surface area contributed by atoms with E-state index in [4.69, 9.17) is 9.47 Å². The number of carbonyl (C=O) groups excluding carboxylic acids is 3. The van der Waals surface area contributed by atoms with Gasteiger partial charge in [0, 0.05) is 32.0 Å². The first-order valence-electron chi connectivity index (χ1n) is 12.7. The second kappa shape index (κ2) is 16.7. The van der Waals surface area contributed by atoms with Crippen molar-refractivity contribution in [2.24, 2.45) is 11.8 Å². The van der Waals surface area contributed by atoms with Gasteiger partial charge >= 0.3 is 11.9 Å². The van der Waals surface area contributed by atoms with Crippen molar-refractivity contribution in [3.05, 3.63) is 60.3 Å². The molecule has 1 aromatic rings. The third-order valence-electron chi connectivity index (χ3n) is 6.27. The van der Waals surface area contributed by atoms with Gasteiger partial charge in [0.05, 0.1) is 0 Å². The molecule has 1 unspecified atom stereocenters. The van der Waals surface area contributed by atoms with Crippen LogP contribution in [0.4, 0.5) is 0 Å². The predicted octanol–water partition coefficient (Wildman–Crippen LogP) is 4.62. The number of benzene rings is 1. The molecule has 0 bridgehead atoms. The van der Waals surface area contributed by atoms with Crippen LogP contribution in [0.25, 0.3) is 0 Å². The van der Waals surface area contributed by atoms with E-state index in [1.54, 1.807) is 25.1 Å². The third-order valence-corrected chi connectivity index (χ3v) is 6.27. The second-order valence-corrected chi connectivity index (χ2v) is 9.61. The SMILES string of the molecule is CC(=O)O[C@@H]([C@@H](C)[C@@H](/C=C/CCCCc1ccccc1)OC(=O)C(C)N(C)C)[C@H](C)/C=C/N(C)C=O. The number of aryl methyl sites for hydroxylation is 1. The number of hydrogen-bond acceptors (Lipinski definition) is 6. The van der Waals surface area contributed by atoms with Gasteiger partial charge < -0.3 is 14.4 Å². The lowest BCUT2D eigenvalue weighted by Crippen LogP contribution is -2.42. The van der Waals surface area contributed by atoms with Gasteiger partial charge in [-0.25, -0.2) is 0 Å². The van der Waals surface area contributed by atoms with Gasteiger partial charge in [0.15, 0.2) is 0 Å². The van der Waals surface area contributed by atoms with Crippen LogP contribution in [0.15, 0.2) is 54.8 Å². The quantitative estimate of drug-likeness (QED) is 0.143. The summed E-state index contributed by atoms with van der Waals surface area (Å²) in [5, 5.41) is 0. The summed E-state index contributed by atoms with van der Waals surface area (Å²) in [7, 11) is 5.28. The second-order valence-electron chi connectivity index (χ2n) is 9.61. The highest BCUT2D eigenvalue weighted by atomic mass is 16.6. The molecule has 0 saturated heterocycles. The van der Waals surface area contributed by atoms with E-state index in [0.717, 1.165) is 25.7 Å². The van der Waals surface area contributed by atoms with Crippen LogP contribution >= 0.6 is 0 Å². The zero-order valence-corrected chi connectivity index (χ0v) is 22.9. The molecular formula is C29H44N2O5. The Balaban J connectivity index is 2.97. The van der Waals surface area contributed by atoms with Gasteiger partial charge in [-0.2, -0.15) is 0 Å². The highest BCUT2D eigenvalue weighted by Gasteiger charge is 2.33. The number of hydrogen-bond donors (Lipinski definition) is 0. The molecular weight excluding hydrogens is 456 g/mol. The molecule has 5 atom stereocenters. The van der Waals surface area contributed by atoms with Crippen LogP contribution in [0.2, 0.25) is 0 Å². The lowest BCUT2D eigenvalue weighted by atomic mass is 9.88. The maximum atomic E-state index is 12.8. The van der Waals surface area contributed by atoms with Gasteiger partial charge in [0.2, 0.25) is 6.41 Å². The van der Waals surface area contributed by atoms with Crippen molar-refractivity contribution in [1.29, 1.82) is 0 Å². The largest absolute Gasteiger partial charge is 0.461 e. The fourth-order valence-electron chi connectivity index (χ4n) is 3.72. The van der Waals surface area contributed by atoms with E-state index in [9.17, 15) is 14.4 Å². The van der Waals surface area contributed by atoms with Crippen molar-refractivity contribution in [2.75, 3.05) is 21.1 Å². The van der Waals surface area contributed by atoms with Crippen molar-refractivity contribution in [2.45, 2.75) is 71.6 Å². The monoisotopic (exact) mass is 500 g/mol. The van der Waals surface area contributed by atoms with Crippen LogP contribution < -0.4 is 0 Å². The first kappa shape index (κ1) is 31.1. The maximum absolute atomic E-state index is 12.8. The highest BCUT2D eigenvalue weighted by molar-refractivity contribution is 5.75. The number of unbranched alkanes of at least 4 members (excludes halogenated alkanes) is 2. The lowest BCUT2D eigenvalue weighted by Gasteiger charge is -2.32. The van der Waals surface area contributed by atoms with E-state index >= 15 is 0 Å². The zero-order valence-electron chi connectivity index (χ0n) is 22.9. The first-order chi connectivity index (χ1) is 17.1. The van der Waals surface area contributed by atoms with Crippen LogP contribution in [0.1, 0.15) is 52.5 Å². The average molecular weight is 501 g/mol. The van der Waals surface area contributed by atoms with Crippen LogP contribution in [0.3, 0.4) is 0 Å². The Kier molecular flexibility index (Phi) is 14.4. The molecule has 0 aliphatic rings. The fraction of sp³-hybridized carbons (Fsp3) is 0.552. The molecule has 1 amide bonds. The normalized spacial score (nSPS) is 15.9. The Morgan fingerprint density at radius 3 is 2.22 bits per heavy atom. The number of esters is 2. The van der Waals surface area contributed by atoms with Gasteiger partial charge in [0.1, 0.15) is 18.2 Å². The summed E-state index contributed by atoms with van der Waals surface area (Å²) in [6, 6.07) is 9.98. The molecule has 1 aromatic carbocycles. The van der Waals surface area contributed by atoms with Gasteiger partial charge in [-0.05, 0) is 58.3 Å². The Labute approximate surface area is 217 Å². The molecule has 36 heavy (non-hydrogen) atoms. The third kappa shape index (κ3) is 11.7. The number of allylic oxidation sites excluding steroid dienone is 1. The average Bonchev–Trinajstić information content (AvgIpc) is 2.86. The van der Waals surface area contributed by atoms with Crippen molar-refractivity contribution in [3.8, 4) is 0 Å². The maximum Gasteiger partial charge on any atom is 0.323 e. The minimum atomic E-state index is -0.571. The summed E-state index contributed by atoms with van der Waals surface area (Å²) < 4.78 is 11.6. The van der Waals surface area contributed by atoms with E-state index in [2.05, 4.69) is 24.3 Å². The van der Waals surface area contributed by atoms with E-state index in [1.165, 1.54) is 17.4 Å². The molecule has 0 aromatic heterocycles. The molecule has 0 saturated carbocycles. The molecule has 0 radical (unpaired) electrons. The van der Waals surface area contributed by atoms with E-state index < -0.39 is 24.2 Å². The molecule has 0 aliphatic carbocycles. The van der Waals surface area contributed by atoms with Crippen LogP contribution in [-0.2, 0) is 30.3 Å². The van der Waals surface area contributed by atoms with E-state index in [-0.39, 0.29) is 17.8 Å². The number of nitrogens with zero attached hydrogens (tertiary/aromatic N) is 2. The molecule has 0 heterocycles. The smallest absolute Gasteiger partial charge is 0.323 e. The molecule has 7 nitrogen and oxygen atoms in total. The minimum absolute atomic E-state index is 0.210. The van der Waals surface area contributed by atoms with E-state index in [1.807, 2.05) is 52.2 Å². The summed E-state index contributed by atoms with van der Waals surface area (Å²) in [6.45, 7) is 6.99. The van der Waals surface area contributed by atoms with Gasteiger partial charge in [-0.1, -0.05) is 56.3 Å². The van der Waals surface area contributed by atoms with Crippen molar-refractivity contribution in [1.82, 2.24) is 9.80 Å². The first-order valence-corrected chi connectivity index (χ1v) is 12.7. The van der Waals surface area contributed by atoms with E-state index in [0.29, 0.717) is 6.41 Å². The zero-order chi connectivity index (χ0) is 27.1. The number of likely N-dealkylation sites (N-methyl/N-ethyl adjacent to an activating group) is 1.